The zero-order chi connectivity index (χ0) is 10.4. The molecule has 2 atom stereocenters. The molecule has 0 aliphatic heterocycles. The highest BCUT2D eigenvalue weighted by atomic mass is 14.8. The first kappa shape index (κ1) is 11.2. The van der Waals surface area contributed by atoms with Crippen molar-refractivity contribution in [3.05, 3.63) is 30.1 Å². The molecule has 14 heavy (non-hydrogen) atoms. The summed E-state index contributed by atoms with van der Waals surface area (Å²) in [6.45, 7) is 4.50. The van der Waals surface area contributed by atoms with E-state index in [1.54, 1.807) is 0 Å². The molecular weight excluding hydrogens is 172 g/mol. The first-order valence-electron chi connectivity index (χ1n) is 5.29. The summed E-state index contributed by atoms with van der Waals surface area (Å²) >= 11 is 0. The summed E-state index contributed by atoms with van der Waals surface area (Å²) in [5, 5.41) is 3.26. The second-order valence-corrected chi connectivity index (χ2v) is 4.06. The maximum atomic E-state index is 4.33. The number of aromatic nitrogens is 1. The first-order chi connectivity index (χ1) is 6.72. The van der Waals surface area contributed by atoms with Gasteiger partial charge in [-0.1, -0.05) is 13.0 Å². The molecule has 0 radical (unpaired) electrons. The highest BCUT2D eigenvalue weighted by Gasteiger charge is 2.07. The third-order valence-electron chi connectivity index (χ3n) is 2.53. The van der Waals surface area contributed by atoms with Crippen LogP contribution in [-0.2, 0) is 6.42 Å². The predicted octanol–water partition coefficient (Wildman–Crippen LogP) is 2.26. The van der Waals surface area contributed by atoms with Gasteiger partial charge in [0.1, 0.15) is 0 Å². The van der Waals surface area contributed by atoms with Gasteiger partial charge in [-0.2, -0.15) is 0 Å². The van der Waals surface area contributed by atoms with Crippen LogP contribution in [0.2, 0.25) is 0 Å². The van der Waals surface area contributed by atoms with Crippen molar-refractivity contribution in [1.29, 1.82) is 0 Å². The van der Waals surface area contributed by atoms with Crippen LogP contribution >= 0.6 is 0 Å². The van der Waals surface area contributed by atoms with Gasteiger partial charge in [0.05, 0.1) is 0 Å². The fraction of sp³-hybridized carbons (Fsp3) is 0.583. The monoisotopic (exact) mass is 192 g/mol. The van der Waals surface area contributed by atoms with Crippen LogP contribution < -0.4 is 5.32 Å². The van der Waals surface area contributed by atoms with Crippen molar-refractivity contribution in [2.75, 3.05) is 7.05 Å². The number of nitrogens with one attached hydrogen (secondary N) is 1. The number of nitrogens with zero attached hydrogens (tertiary/aromatic N) is 1. The van der Waals surface area contributed by atoms with Gasteiger partial charge in [0.25, 0.3) is 0 Å². The third kappa shape index (κ3) is 3.88. The van der Waals surface area contributed by atoms with Crippen LogP contribution in [0.15, 0.2) is 24.4 Å². The molecule has 0 spiro atoms. The summed E-state index contributed by atoms with van der Waals surface area (Å²) in [5.41, 5.74) is 1.20. The Morgan fingerprint density at radius 1 is 1.36 bits per heavy atom. The van der Waals surface area contributed by atoms with Gasteiger partial charge in [-0.3, -0.25) is 4.98 Å². The lowest BCUT2D eigenvalue weighted by Gasteiger charge is -2.16. The summed E-state index contributed by atoms with van der Waals surface area (Å²) in [7, 11) is 2.01. The van der Waals surface area contributed by atoms with Crippen molar-refractivity contribution in [2.24, 2.45) is 5.92 Å². The summed E-state index contributed by atoms with van der Waals surface area (Å²) in [5.74, 6) is 0.687. The number of hydrogen-bond donors (Lipinski definition) is 1. The molecular formula is C12H20N2. The van der Waals surface area contributed by atoms with E-state index in [9.17, 15) is 0 Å². The zero-order valence-corrected chi connectivity index (χ0v) is 9.33. The Kier molecular flexibility index (Phi) is 4.60. The van der Waals surface area contributed by atoms with E-state index in [0.29, 0.717) is 12.0 Å². The van der Waals surface area contributed by atoms with Crippen LogP contribution in [0.4, 0.5) is 0 Å². The molecule has 1 N–H and O–H groups in total. The highest BCUT2D eigenvalue weighted by Crippen LogP contribution is 2.11. The number of hydrogen-bond acceptors (Lipinski definition) is 2. The predicted molar refractivity (Wildman–Crippen MR) is 60.2 cm³/mol. The van der Waals surface area contributed by atoms with Gasteiger partial charge in [0, 0.05) is 17.9 Å². The standard InChI is InChI=1S/C12H20N2/c1-10(8-11(2)13-3)9-12-6-4-5-7-14-12/h4-7,10-11,13H,8-9H2,1-3H3. The topological polar surface area (TPSA) is 24.9 Å². The van der Waals surface area contributed by atoms with Crippen molar-refractivity contribution >= 4 is 0 Å². The maximum Gasteiger partial charge on any atom is 0.0406 e. The van der Waals surface area contributed by atoms with Crippen LogP contribution in [0.5, 0.6) is 0 Å². The minimum absolute atomic E-state index is 0.591. The van der Waals surface area contributed by atoms with E-state index in [2.05, 4.69) is 36.3 Å². The zero-order valence-electron chi connectivity index (χ0n) is 9.33. The largest absolute Gasteiger partial charge is 0.317 e. The van der Waals surface area contributed by atoms with Gasteiger partial charge in [-0.15, -0.1) is 0 Å². The molecule has 1 heterocycles. The van der Waals surface area contributed by atoms with Crippen molar-refractivity contribution in [1.82, 2.24) is 10.3 Å². The molecule has 2 nitrogen and oxygen atoms in total. The lowest BCUT2D eigenvalue weighted by molar-refractivity contribution is 0.437. The van der Waals surface area contributed by atoms with Crippen molar-refractivity contribution in [3.63, 3.8) is 0 Å². The molecule has 2 unspecified atom stereocenters. The van der Waals surface area contributed by atoms with Gasteiger partial charge >= 0.3 is 0 Å². The Morgan fingerprint density at radius 3 is 2.71 bits per heavy atom. The first-order valence-corrected chi connectivity index (χ1v) is 5.29. The molecule has 0 saturated heterocycles. The normalized spacial score (nSPS) is 15.1. The Labute approximate surface area is 86.8 Å². The third-order valence-corrected chi connectivity index (χ3v) is 2.53. The SMILES string of the molecule is CNC(C)CC(C)Cc1ccccn1. The van der Waals surface area contributed by atoms with E-state index in [1.165, 1.54) is 12.1 Å². The Balaban J connectivity index is 2.37. The number of rotatable bonds is 5. The quantitative estimate of drug-likeness (QED) is 0.774. The molecule has 0 amide bonds. The second kappa shape index (κ2) is 5.76. The minimum Gasteiger partial charge on any atom is -0.317 e. The maximum absolute atomic E-state index is 4.33. The van der Waals surface area contributed by atoms with E-state index in [-0.39, 0.29) is 0 Å². The molecule has 1 aromatic heterocycles. The fourth-order valence-electron chi connectivity index (χ4n) is 1.68. The average Bonchev–Trinajstić information content (AvgIpc) is 2.19. The molecule has 0 fully saturated rings. The van der Waals surface area contributed by atoms with Gasteiger partial charge < -0.3 is 5.32 Å². The van der Waals surface area contributed by atoms with Crippen molar-refractivity contribution < 1.29 is 0 Å². The smallest absolute Gasteiger partial charge is 0.0406 e. The Hall–Kier alpha value is -0.890. The van der Waals surface area contributed by atoms with Crippen LogP contribution in [0.3, 0.4) is 0 Å². The van der Waals surface area contributed by atoms with Crippen molar-refractivity contribution in [2.45, 2.75) is 32.7 Å². The van der Waals surface area contributed by atoms with Gasteiger partial charge in [0.2, 0.25) is 0 Å². The van der Waals surface area contributed by atoms with Gasteiger partial charge in [-0.05, 0) is 44.9 Å². The summed E-state index contributed by atoms with van der Waals surface area (Å²) < 4.78 is 0. The van der Waals surface area contributed by atoms with E-state index in [1.807, 2.05) is 19.3 Å². The van der Waals surface area contributed by atoms with E-state index in [0.717, 1.165) is 6.42 Å². The lowest BCUT2D eigenvalue weighted by Crippen LogP contribution is -2.24. The summed E-state index contributed by atoms with van der Waals surface area (Å²) in [6, 6.07) is 6.70. The highest BCUT2D eigenvalue weighted by molar-refractivity contribution is 5.04. The van der Waals surface area contributed by atoms with Crippen LogP contribution in [0.25, 0.3) is 0 Å². The Morgan fingerprint density at radius 2 is 2.14 bits per heavy atom. The number of pyridine rings is 1. The lowest BCUT2D eigenvalue weighted by atomic mass is 9.97. The van der Waals surface area contributed by atoms with Crippen LogP contribution in [0, 0.1) is 5.92 Å². The summed E-state index contributed by atoms with van der Waals surface area (Å²) in [6.07, 6.45) is 4.14. The van der Waals surface area contributed by atoms with Crippen LogP contribution in [0.1, 0.15) is 26.0 Å². The minimum atomic E-state index is 0.591. The molecule has 1 aromatic rings. The Bertz CT molecular complexity index is 246. The molecule has 2 heteroatoms. The molecule has 0 aliphatic rings. The summed E-state index contributed by atoms with van der Waals surface area (Å²) in [4.78, 5) is 4.33. The molecule has 0 aromatic carbocycles. The molecule has 1 rings (SSSR count). The van der Waals surface area contributed by atoms with Gasteiger partial charge in [-0.25, -0.2) is 0 Å². The molecule has 0 aliphatic carbocycles. The second-order valence-electron chi connectivity index (χ2n) is 4.06. The molecule has 0 bridgehead atoms. The average molecular weight is 192 g/mol. The van der Waals surface area contributed by atoms with Crippen LogP contribution in [-0.4, -0.2) is 18.1 Å². The molecule has 78 valence electrons. The van der Waals surface area contributed by atoms with E-state index < -0.39 is 0 Å². The molecule has 0 saturated carbocycles. The van der Waals surface area contributed by atoms with E-state index in [4.69, 9.17) is 0 Å². The van der Waals surface area contributed by atoms with E-state index >= 15 is 0 Å². The van der Waals surface area contributed by atoms with Gasteiger partial charge in [0.15, 0.2) is 0 Å². The fourth-order valence-corrected chi connectivity index (χ4v) is 1.68. The van der Waals surface area contributed by atoms with Crippen molar-refractivity contribution in [3.8, 4) is 0 Å².